The summed E-state index contributed by atoms with van der Waals surface area (Å²) >= 11 is 0. The smallest absolute Gasteiger partial charge is 0.0918 e. The third-order valence-corrected chi connectivity index (χ3v) is 7.39. The number of nitrogens with zero attached hydrogens (tertiary/aromatic N) is 1. The zero-order chi connectivity index (χ0) is 13.9. The standard InChI is InChI=1S/C18H21NSi/c1-3-20(4-2)18-14-15-10-8-9-13-17(15)19(18)16-11-6-5-7-12-16/h5-14,20H,3-4H2,1-2H3. The van der Waals surface area contributed by atoms with Crippen LogP contribution in [0.3, 0.4) is 0 Å². The van der Waals surface area contributed by atoms with Gasteiger partial charge in [-0.1, -0.05) is 62.3 Å². The van der Waals surface area contributed by atoms with Gasteiger partial charge in [0.1, 0.15) is 0 Å². The van der Waals surface area contributed by atoms with Crippen molar-refractivity contribution in [2.24, 2.45) is 0 Å². The fourth-order valence-electron chi connectivity index (χ4n) is 3.05. The Hall–Kier alpha value is -1.80. The first kappa shape index (κ1) is 13.2. The van der Waals surface area contributed by atoms with Crippen molar-refractivity contribution >= 4 is 25.0 Å². The second kappa shape index (κ2) is 5.67. The molecule has 3 aromatic rings. The van der Waals surface area contributed by atoms with E-state index in [1.165, 1.54) is 28.7 Å². The quantitative estimate of drug-likeness (QED) is 0.634. The number of para-hydroxylation sites is 2. The third kappa shape index (κ3) is 2.20. The molecule has 0 atom stereocenters. The minimum absolute atomic E-state index is 0.872. The van der Waals surface area contributed by atoms with Gasteiger partial charge in [-0.05, 0) is 29.7 Å². The van der Waals surface area contributed by atoms with E-state index in [0.29, 0.717) is 0 Å². The Bertz CT molecular complexity index is 696. The Balaban J connectivity index is 2.29. The van der Waals surface area contributed by atoms with Crippen LogP contribution in [0.4, 0.5) is 0 Å². The fraction of sp³-hybridized carbons (Fsp3) is 0.222. The van der Waals surface area contributed by atoms with Gasteiger partial charge in [-0.2, -0.15) is 0 Å². The first-order chi connectivity index (χ1) is 9.85. The van der Waals surface area contributed by atoms with Gasteiger partial charge in [-0.15, -0.1) is 0 Å². The van der Waals surface area contributed by atoms with Crippen molar-refractivity contribution < 1.29 is 0 Å². The van der Waals surface area contributed by atoms with Crippen LogP contribution in [0.25, 0.3) is 16.6 Å². The zero-order valence-corrected chi connectivity index (χ0v) is 13.4. The van der Waals surface area contributed by atoms with Gasteiger partial charge in [-0.25, -0.2) is 0 Å². The molecule has 0 aliphatic carbocycles. The summed E-state index contributed by atoms with van der Waals surface area (Å²) in [5, 5.41) is 2.94. The Morgan fingerprint density at radius 3 is 2.20 bits per heavy atom. The number of rotatable bonds is 4. The summed E-state index contributed by atoms with van der Waals surface area (Å²) in [5.41, 5.74) is 2.64. The molecule has 0 radical (unpaired) electrons. The van der Waals surface area contributed by atoms with Crippen molar-refractivity contribution in [1.29, 1.82) is 0 Å². The monoisotopic (exact) mass is 279 g/mol. The van der Waals surface area contributed by atoms with Gasteiger partial charge in [0.05, 0.1) is 14.3 Å². The Labute approximate surface area is 122 Å². The largest absolute Gasteiger partial charge is 0.318 e. The van der Waals surface area contributed by atoms with Crippen molar-refractivity contribution in [1.82, 2.24) is 4.57 Å². The fourth-order valence-corrected chi connectivity index (χ4v) is 5.53. The highest BCUT2D eigenvalue weighted by atomic mass is 28.3. The molecular formula is C18H21NSi. The highest BCUT2D eigenvalue weighted by Crippen LogP contribution is 2.20. The lowest BCUT2D eigenvalue weighted by Crippen LogP contribution is -2.33. The van der Waals surface area contributed by atoms with Crippen molar-refractivity contribution in [2.45, 2.75) is 25.9 Å². The molecular weight excluding hydrogens is 258 g/mol. The molecule has 0 bridgehead atoms. The molecule has 0 saturated carbocycles. The van der Waals surface area contributed by atoms with Gasteiger partial charge in [0.25, 0.3) is 0 Å². The van der Waals surface area contributed by atoms with Gasteiger partial charge in [0.15, 0.2) is 0 Å². The zero-order valence-electron chi connectivity index (χ0n) is 12.2. The molecule has 0 aliphatic heterocycles. The lowest BCUT2D eigenvalue weighted by Gasteiger charge is -2.16. The molecule has 102 valence electrons. The SMILES string of the molecule is CC[SiH](CC)c1cc2ccccc2n1-c1ccccc1. The number of hydrogen-bond donors (Lipinski definition) is 0. The second-order valence-electron chi connectivity index (χ2n) is 5.31. The molecule has 0 saturated heterocycles. The van der Waals surface area contributed by atoms with E-state index in [1.807, 2.05) is 0 Å². The lowest BCUT2D eigenvalue weighted by atomic mass is 10.2. The van der Waals surface area contributed by atoms with Crippen LogP contribution in [0, 0.1) is 0 Å². The van der Waals surface area contributed by atoms with E-state index >= 15 is 0 Å². The van der Waals surface area contributed by atoms with Gasteiger partial charge < -0.3 is 4.57 Å². The molecule has 0 fully saturated rings. The first-order valence-corrected chi connectivity index (χ1v) is 9.72. The van der Waals surface area contributed by atoms with Crippen LogP contribution in [-0.4, -0.2) is 13.4 Å². The predicted molar refractivity (Wildman–Crippen MR) is 91.0 cm³/mol. The van der Waals surface area contributed by atoms with Crippen molar-refractivity contribution in [3.05, 3.63) is 60.7 Å². The summed E-state index contributed by atoms with van der Waals surface area (Å²) in [6, 6.07) is 24.6. The van der Waals surface area contributed by atoms with Crippen LogP contribution in [0.15, 0.2) is 60.7 Å². The Morgan fingerprint density at radius 1 is 0.850 bits per heavy atom. The molecule has 0 N–H and O–H groups in total. The van der Waals surface area contributed by atoms with E-state index < -0.39 is 8.80 Å². The van der Waals surface area contributed by atoms with E-state index in [2.05, 4.69) is 79.1 Å². The van der Waals surface area contributed by atoms with E-state index in [1.54, 1.807) is 5.32 Å². The summed E-state index contributed by atoms with van der Waals surface area (Å²) in [6.07, 6.45) is 0. The maximum atomic E-state index is 2.49. The highest BCUT2D eigenvalue weighted by Gasteiger charge is 2.17. The molecule has 20 heavy (non-hydrogen) atoms. The highest BCUT2D eigenvalue weighted by molar-refractivity contribution is 6.72. The third-order valence-electron chi connectivity index (χ3n) is 4.16. The minimum Gasteiger partial charge on any atom is -0.318 e. The van der Waals surface area contributed by atoms with Crippen LogP contribution < -0.4 is 5.32 Å². The van der Waals surface area contributed by atoms with Crippen LogP contribution in [-0.2, 0) is 0 Å². The van der Waals surface area contributed by atoms with Gasteiger partial charge >= 0.3 is 0 Å². The van der Waals surface area contributed by atoms with E-state index in [0.717, 1.165) is 0 Å². The predicted octanol–water partition coefficient (Wildman–Crippen LogP) is 4.10. The summed E-state index contributed by atoms with van der Waals surface area (Å²) in [4.78, 5) is 0. The van der Waals surface area contributed by atoms with Gasteiger partial charge in [-0.3, -0.25) is 0 Å². The summed E-state index contributed by atoms with van der Waals surface area (Å²) < 4.78 is 2.49. The van der Waals surface area contributed by atoms with Crippen LogP contribution in [0.1, 0.15) is 13.8 Å². The number of aromatic nitrogens is 1. The normalized spacial score (nSPS) is 11.3. The van der Waals surface area contributed by atoms with Gasteiger partial charge in [0.2, 0.25) is 0 Å². The molecule has 1 aromatic heterocycles. The number of hydrogen-bond acceptors (Lipinski definition) is 0. The molecule has 2 heteroatoms. The molecule has 0 unspecified atom stereocenters. The summed E-state index contributed by atoms with van der Waals surface area (Å²) in [5.74, 6) is 0. The lowest BCUT2D eigenvalue weighted by molar-refractivity contribution is 1.15. The molecule has 0 aliphatic rings. The van der Waals surface area contributed by atoms with Crippen LogP contribution in [0.2, 0.25) is 12.1 Å². The minimum atomic E-state index is -0.872. The molecule has 0 spiro atoms. The van der Waals surface area contributed by atoms with E-state index in [9.17, 15) is 0 Å². The summed E-state index contributed by atoms with van der Waals surface area (Å²) in [6.45, 7) is 4.68. The van der Waals surface area contributed by atoms with Gasteiger partial charge in [0, 0.05) is 11.0 Å². The maximum absolute atomic E-state index is 2.49. The molecule has 1 heterocycles. The summed E-state index contributed by atoms with van der Waals surface area (Å²) in [7, 11) is -0.872. The molecule has 0 amide bonds. The Morgan fingerprint density at radius 2 is 1.50 bits per heavy atom. The number of benzene rings is 2. The van der Waals surface area contributed by atoms with E-state index in [-0.39, 0.29) is 0 Å². The topological polar surface area (TPSA) is 4.93 Å². The van der Waals surface area contributed by atoms with Crippen LogP contribution in [0.5, 0.6) is 0 Å². The first-order valence-electron chi connectivity index (χ1n) is 7.51. The second-order valence-corrected chi connectivity index (χ2v) is 8.93. The Kier molecular flexibility index (Phi) is 3.74. The van der Waals surface area contributed by atoms with Crippen molar-refractivity contribution in [2.75, 3.05) is 0 Å². The van der Waals surface area contributed by atoms with Crippen molar-refractivity contribution in [3.8, 4) is 5.69 Å². The molecule has 1 nitrogen and oxygen atoms in total. The maximum Gasteiger partial charge on any atom is 0.0918 e. The van der Waals surface area contributed by atoms with Crippen molar-refractivity contribution in [3.63, 3.8) is 0 Å². The van der Waals surface area contributed by atoms with E-state index in [4.69, 9.17) is 0 Å². The molecule has 2 aromatic carbocycles. The van der Waals surface area contributed by atoms with Crippen LogP contribution >= 0.6 is 0 Å². The average molecular weight is 279 g/mol. The number of fused-ring (bicyclic) bond motifs is 1. The molecule has 3 rings (SSSR count). The average Bonchev–Trinajstić information content (AvgIpc) is 2.88.